The summed E-state index contributed by atoms with van der Waals surface area (Å²) in [7, 11) is 0. The van der Waals surface area contributed by atoms with Gasteiger partial charge in [-0.05, 0) is 31.4 Å². The highest BCUT2D eigenvalue weighted by Gasteiger charge is 2.41. The fourth-order valence-electron chi connectivity index (χ4n) is 2.51. The van der Waals surface area contributed by atoms with Crippen LogP contribution < -0.4 is 10.6 Å². The van der Waals surface area contributed by atoms with Crippen LogP contribution in [0.25, 0.3) is 0 Å². The molecule has 110 valence electrons. The minimum Gasteiger partial charge on any atom is -0.389 e. The van der Waals surface area contributed by atoms with Crippen LogP contribution in [0.3, 0.4) is 0 Å². The summed E-state index contributed by atoms with van der Waals surface area (Å²) in [5.74, 6) is -0.630. The Morgan fingerprint density at radius 2 is 2.00 bits per heavy atom. The zero-order valence-corrected chi connectivity index (χ0v) is 11.9. The molecule has 1 saturated heterocycles. The van der Waals surface area contributed by atoms with E-state index in [2.05, 4.69) is 4.98 Å². The van der Waals surface area contributed by atoms with Crippen molar-refractivity contribution in [1.29, 1.82) is 0 Å². The largest absolute Gasteiger partial charge is 0.391 e. The predicted molar refractivity (Wildman–Crippen MR) is 75.9 cm³/mol. The van der Waals surface area contributed by atoms with Gasteiger partial charge in [-0.1, -0.05) is 12.2 Å². The molecule has 0 bridgehead atoms. The van der Waals surface area contributed by atoms with Gasteiger partial charge >= 0.3 is 6.18 Å². The average Bonchev–Trinajstić information content (AvgIpc) is 2.37. The number of piperidine rings is 1. The van der Waals surface area contributed by atoms with Crippen LogP contribution in [0.1, 0.15) is 24.0 Å². The molecule has 0 radical (unpaired) electrons. The maximum atomic E-state index is 12.7. The summed E-state index contributed by atoms with van der Waals surface area (Å²) in [6.07, 6.45) is -2.33. The van der Waals surface area contributed by atoms with Gasteiger partial charge in [0.15, 0.2) is 0 Å². The summed E-state index contributed by atoms with van der Waals surface area (Å²) >= 11 is 5.02. The molecule has 0 saturated carbocycles. The highest BCUT2D eigenvalue weighted by Crippen LogP contribution is 2.35. The number of hydrogen-bond donors (Lipinski definition) is 1. The molecule has 1 fully saturated rings. The first-order valence-corrected chi connectivity index (χ1v) is 6.78. The second-order valence-electron chi connectivity index (χ2n) is 4.99. The highest BCUT2D eigenvalue weighted by atomic mass is 32.1. The molecule has 0 spiro atoms. The molecular weight excluding hydrogens is 287 g/mol. The lowest BCUT2D eigenvalue weighted by Gasteiger charge is -2.34. The Balaban J connectivity index is 2.19. The van der Waals surface area contributed by atoms with E-state index in [1.54, 1.807) is 12.3 Å². The standard InChI is InChI=1S/C13H16F3N3S/c1-8-2-5-18-12(10(8)11(17)20)19-6-3-9(4-7-19)13(14,15)16/h2,5,9H,3-4,6-7H2,1H3,(H2,17,20). The van der Waals surface area contributed by atoms with Gasteiger partial charge in [-0.25, -0.2) is 4.98 Å². The molecule has 1 aromatic heterocycles. The molecule has 0 unspecified atom stereocenters. The maximum Gasteiger partial charge on any atom is 0.391 e. The normalized spacial score (nSPS) is 17.3. The summed E-state index contributed by atoms with van der Waals surface area (Å²) in [5.41, 5.74) is 7.25. The molecule has 0 aromatic carbocycles. The number of alkyl halides is 3. The number of hydrogen-bond acceptors (Lipinski definition) is 3. The van der Waals surface area contributed by atoms with Gasteiger partial charge in [0.1, 0.15) is 10.8 Å². The van der Waals surface area contributed by atoms with Crippen molar-refractivity contribution < 1.29 is 13.2 Å². The third-order valence-corrected chi connectivity index (χ3v) is 3.85. The highest BCUT2D eigenvalue weighted by molar-refractivity contribution is 7.80. The summed E-state index contributed by atoms with van der Waals surface area (Å²) in [5, 5.41) is 0. The number of nitrogens with zero attached hydrogens (tertiary/aromatic N) is 2. The average molecular weight is 303 g/mol. The number of nitrogens with two attached hydrogens (primary N) is 1. The number of aromatic nitrogens is 1. The maximum absolute atomic E-state index is 12.7. The van der Waals surface area contributed by atoms with Crippen LogP contribution in [0.4, 0.5) is 19.0 Å². The summed E-state index contributed by atoms with van der Waals surface area (Å²) < 4.78 is 38.0. The first-order chi connectivity index (χ1) is 9.30. The summed E-state index contributed by atoms with van der Waals surface area (Å²) in [6.45, 7) is 2.49. The van der Waals surface area contributed by atoms with Gasteiger partial charge in [-0.15, -0.1) is 0 Å². The minimum absolute atomic E-state index is 0.0793. The van der Waals surface area contributed by atoms with Crippen LogP contribution in [-0.4, -0.2) is 29.2 Å². The Morgan fingerprint density at radius 1 is 1.40 bits per heavy atom. The lowest BCUT2D eigenvalue weighted by Crippen LogP contribution is -2.40. The van der Waals surface area contributed by atoms with Crippen molar-refractivity contribution in [3.05, 3.63) is 23.4 Å². The number of rotatable bonds is 2. The topological polar surface area (TPSA) is 42.2 Å². The van der Waals surface area contributed by atoms with Gasteiger partial charge in [0.2, 0.25) is 0 Å². The van der Waals surface area contributed by atoms with Crippen LogP contribution in [0, 0.1) is 12.8 Å². The Hall–Kier alpha value is -1.37. The molecule has 0 aliphatic carbocycles. The van der Waals surface area contributed by atoms with Crippen molar-refractivity contribution in [2.75, 3.05) is 18.0 Å². The zero-order chi connectivity index (χ0) is 14.9. The second kappa shape index (κ2) is 5.55. The summed E-state index contributed by atoms with van der Waals surface area (Å²) in [6, 6.07) is 1.79. The van der Waals surface area contributed by atoms with Crippen molar-refractivity contribution in [2.45, 2.75) is 25.9 Å². The Labute approximate surface area is 121 Å². The Bertz CT molecular complexity index is 508. The van der Waals surface area contributed by atoms with E-state index in [1.807, 2.05) is 11.8 Å². The lowest BCUT2D eigenvalue weighted by molar-refractivity contribution is -0.179. The van der Waals surface area contributed by atoms with Crippen molar-refractivity contribution in [1.82, 2.24) is 4.98 Å². The van der Waals surface area contributed by atoms with Crippen LogP contribution in [0.5, 0.6) is 0 Å². The van der Waals surface area contributed by atoms with Crippen LogP contribution in [0.15, 0.2) is 12.3 Å². The lowest BCUT2D eigenvalue weighted by atomic mass is 9.96. The molecular formula is C13H16F3N3S. The van der Waals surface area contributed by atoms with Crippen LogP contribution in [-0.2, 0) is 0 Å². The van der Waals surface area contributed by atoms with Crippen molar-refractivity contribution in [3.8, 4) is 0 Å². The molecule has 2 heterocycles. The Morgan fingerprint density at radius 3 is 2.50 bits per heavy atom. The van der Waals surface area contributed by atoms with Crippen molar-refractivity contribution >= 4 is 23.0 Å². The molecule has 0 atom stereocenters. The number of pyridine rings is 1. The minimum atomic E-state index is -4.11. The van der Waals surface area contributed by atoms with Gasteiger partial charge in [-0.2, -0.15) is 13.2 Å². The van der Waals surface area contributed by atoms with Gasteiger partial charge in [-0.3, -0.25) is 0 Å². The van der Waals surface area contributed by atoms with E-state index >= 15 is 0 Å². The molecule has 2 N–H and O–H groups in total. The SMILES string of the molecule is Cc1ccnc(N2CCC(C(F)(F)F)CC2)c1C(N)=S. The number of aryl methyl sites for hydroxylation is 1. The molecule has 0 amide bonds. The summed E-state index contributed by atoms with van der Waals surface area (Å²) in [4.78, 5) is 6.31. The molecule has 1 aliphatic rings. The van der Waals surface area contributed by atoms with Gasteiger partial charge in [0, 0.05) is 19.3 Å². The van der Waals surface area contributed by atoms with E-state index in [1.165, 1.54) is 0 Å². The molecule has 1 aromatic rings. The molecule has 3 nitrogen and oxygen atoms in total. The van der Waals surface area contributed by atoms with E-state index in [0.717, 1.165) is 5.56 Å². The van der Waals surface area contributed by atoms with Crippen LogP contribution in [0.2, 0.25) is 0 Å². The quantitative estimate of drug-likeness (QED) is 0.853. The van der Waals surface area contributed by atoms with Gasteiger partial charge in [0.05, 0.1) is 11.5 Å². The smallest absolute Gasteiger partial charge is 0.389 e. The fraction of sp³-hybridized carbons (Fsp3) is 0.538. The van der Waals surface area contributed by atoms with E-state index in [-0.39, 0.29) is 17.8 Å². The first kappa shape index (κ1) is 15.0. The fourth-order valence-corrected chi connectivity index (χ4v) is 2.76. The molecule has 1 aliphatic heterocycles. The third kappa shape index (κ3) is 3.03. The molecule has 20 heavy (non-hydrogen) atoms. The Kier molecular flexibility index (Phi) is 4.17. The van der Waals surface area contributed by atoms with Crippen molar-refractivity contribution in [3.63, 3.8) is 0 Å². The number of anilines is 1. The predicted octanol–water partition coefficient (Wildman–Crippen LogP) is 2.80. The third-order valence-electron chi connectivity index (χ3n) is 3.64. The molecule has 7 heteroatoms. The van der Waals surface area contributed by atoms with E-state index < -0.39 is 12.1 Å². The van der Waals surface area contributed by atoms with E-state index in [4.69, 9.17) is 18.0 Å². The first-order valence-electron chi connectivity index (χ1n) is 6.37. The van der Waals surface area contributed by atoms with E-state index in [0.29, 0.717) is 24.5 Å². The monoisotopic (exact) mass is 303 g/mol. The van der Waals surface area contributed by atoms with Crippen LogP contribution >= 0.6 is 12.2 Å². The van der Waals surface area contributed by atoms with Gasteiger partial charge in [0.25, 0.3) is 0 Å². The van der Waals surface area contributed by atoms with E-state index in [9.17, 15) is 13.2 Å². The number of thiocarbonyl (C=S) groups is 1. The second-order valence-corrected chi connectivity index (χ2v) is 5.43. The number of halogens is 3. The van der Waals surface area contributed by atoms with Gasteiger partial charge < -0.3 is 10.6 Å². The zero-order valence-electron chi connectivity index (χ0n) is 11.1. The van der Waals surface area contributed by atoms with Crippen molar-refractivity contribution in [2.24, 2.45) is 11.7 Å². The molecule has 2 rings (SSSR count).